The van der Waals surface area contributed by atoms with E-state index in [0.29, 0.717) is 0 Å². The van der Waals surface area contributed by atoms with Gasteiger partial charge in [0, 0.05) is 34.1 Å². The Morgan fingerprint density at radius 3 is 0.925 bits per heavy atom. The van der Waals surface area contributed by atoms with Crippen LogP contribution in [0.3, 0.4) is 0 Å². The lowest BCUT2D eigenvalue weighted by Crippen LogP contribution is -2.09. The van der Waals surface area contributed by atoms with Crippen LogP contribution in [0.1, 0.15) is 16.7 Å². The Morgan fingerprint density at radius 1 is 0.264 bits per heavy atom. The van der Waals surface area contributed by atoms with Crippen molar-refractivity contribution in [3.8, 4) is 22.3 Å². The minimum atomic E-state index is 1.12. The van der Waals surface area contributed by atoms with Crippen molar-refractivity contribution < 1.29 is 0 Å². The molecular formula is C51H40N2. The van der Waals surface area contributed by atoms with Gasteiger partial charge < -0.3 is 9.80 Å². The summed E-state index contributed by atoms with van der Waals surface area (Å²) in [4.78, 5) is 4.60. The van der Waals surface area contributed by atoms with Crippen molar-refractivity contribution in [3.63, 3.8) is 0 Å². The first-order chi connectivity index (χ1) is 26.2. The van der Waals surface area contributed by atoms with Gasteiger partial charge in [-0.15, -0.1) is 0 Å². The maximum atomic E-state index is 2.32. The van der Waals surface area contributed by atoms with Gasteiger partial charge in [0.15, 0.2) is 0 Å². The third-order valence-corrected chi connectivity index (χ3v) is 9.54. The summed E-state index contributed by atoms with van der Waals surface area (Å²) >= 11 is 0. The lowest BCUT2D eigenvalue weighted by atomic mass is 10.0. The lowest BCUT2D eigenvalue weighted by molar-refractivity contribution is 1.27. The Morgan fingerprint density at radius 2 is 0.528 bits per heavy atom. The van der Waals surface area contributed by atoms with Crippen LogP contribution >= 0.6 is 0 Å². The summed E-state index contributed by atoms with van der Waals surface area (Å²) in [5.41, 5.74) is 15.1. The second-order valence-corrected chi connectivity index (χ2v) is 13.2. The van der Waals surface area contributed by atoms with E-state index in [1.807, 2.05) is 0 Å². The molecule has 0 N–H and O–H groups in total. The largest absolute Gasteiger partial charge is 0.311 e. The van der Waals surface area contributed by atoms with E-state index in [1.54, 1.807) is 0 Å². The Balaban J connectivity index is 0.985. The quantitative estimate of drug-likeness (QED) is 0.133. The smallest absolute Gasteiger partial charge is 0.0462 e. The first-order valence-corrected chi connectivity index (χ1v) is 18.1. The summed E-state index contributed by atoms with van der Waals surface area (Å²) < 4.78 is 0. The fraction of sp³-hybridized carbons (Fsp3) is 0.0196. The molecule has 0 heterocycles. The Labute approximate surface area is 313 Å². The van der Waals surface area contributed by atoms with E-state index < -0.39 is 0 Å². The normalized spacial score (nSPS) is 11.0. The monoisotopic (exact) mass is 680 g/mol. The first kappa shape index (κ1) is 33.3. The van der Waals surface area contributed by atoms with Crippen LogP contribution < -0.4 is 9.80 Å². The molecule has 0 unspecified atom stereocenters. The standard InChI is InChI=1S/C51H40N2/c1-39-17-31-48(32-18-39)53(50-35-27-44(28-36-50)42-11-5-2-6-12-42)51-37-29-45(30-38-51)43-25-21-40(22-26-43)19-20-41-23-33-49(34-24-41)52(46-13-7-3-8-14-46)47-15-9-4-10-16-47/h2-38H,1H3/b20-19+. The predicted octanol–water partition coefficient (Wildman–Crippen LogP) is 14.4. The third-order valence-electron chi connectivity index (χ3n) is 9.54. The zero-order valence-electron chi connectivity index (χ0n) is 29.8. The molecule has 2 nitrogen and oxygen atoms in total. The van der Waals surface area contributed by atoms with Gasteiger partial charge >= 0.3 is 0 Å². The van der Waals surface area contributed by atoms with E-state index in [4.69, 9.17) is 0 Å². The van der Waals surface area contributed by atoms with Gasteiger partial charge in [-0.3, -0.25) is 0 Å². The van der Waals surface area contributed by atoms with Gasteiger partial charge in [-0.25, -0.2) is 0 Å². The number of anilines is 6. The van der Waals surface area contributed by atoms with Crippen molar-refractivity contribution >= 4 is 46.3 Å². The molecule has 0 spiro atoms. The highest BCUT2D eigenvalue weighted by molar-refractivity contribution is 5.81. The number of rotatable bonds is 10. The highest BCUT2D eigenvalue weighted by atomic mass is 15.1. The summed E-state index contributed by atoms with van der Waals surface area (Å²) in [5, 5.41) is 0. The topological polar surface area (TPSA) is 6.48 Å². The van der Waals surface area contributed by atoms with Crippen LogP contribution in [-0.2, 0) is 0 Å². The van der Waals surface area contributed by atoms with Crippen molar-refractivity contribution in [2.75, 3.05) is 9.80 Å². The van der Waals surface area contributed by atoms with E-state index in [0.717, 1.165) is 45.3 Å². The molecule has 0 aliphatic rings. The Kier molecular flexibility index (Phi) is 9.76. The molecule has 0 aliphatic carbocycles. The molecule has 0 saturated carbocycles. The highest BCUT2D eigenvalue weighted by Gasteiger charge is 2.14. The van der Waals surface area contributed by atoms with Gasteiger partial charge in [0.1, 0.15) is 0 Å². The molecule has 0 aromatic heterocycles. The second-order valence-electron chi connectivity index (χ2n) is 13.2. The predicted molar refractivity (Wildman–Crippen MR) is 227 cm³/mol. The molecule has 2 heteroatoms. The van der Waals surface area contributed by atoms with Crippen LogP contribution in [0.25, 0.3) is 34.4 Å². The molecular weight excluding hydrogens is 641 g/mol. The van der Waals surface area contributed by atoms with Gasteiger partial charge in [-0.05, 0) is 113 Å². The Bertz CT molecular complexity index is 2340. The van der Waals surface area contributed by atoms with Gasteiger partial charge in [-0.2, -0.15) is 0 Å². The van der Waals surface area contributed by atoms with Crippen molar-refractivity contribution in [1.29, 1.82) is 0 Å². The number of para-hydroxylation sites is 2. The van der Waals surface area contributed by atoms with Crippen LogP contribution in [0, 0.1) is 6.92 Å². The molecule has 8 rings (SSSR count). The maximum Gasteiger partial charge on any atom is 0.0462 e. The van der Waals surface area contributed by atoms with Gasteiger partial charge in [0.2, 0.25) is 0 Å². The molecule has 8 aromatic rings. The average molecular weight is 681 g/mol. The molecule has 0 saturated heterocycles. The van der Waals surface area contributed by atoms with Gasteiger partial charge in [0.25, 0.3) is 0 Å². The van der Waals surface area contributed by atoms with Gasteiger partial charge in [0.05, 0.1) is 0 Å². The summed E-state index contributed by atoms with van der Waals surface area (Å²) in [6.07, 6.45) is 4.35. The van der Waals surface area contributed by atoms with Crippen LogP contribution in [-0.4, -0.2) is 0 Å². The van der Waals surface area contributed by atoms with E-state index >= 15 is 0 Å². The molecule has 8 aromatic carbocycles. The SMILES string of the molecule is Cc1ccc(N(c2ccc(-c3ccccc3)cc2)c2ccc(-c3ccc(/C=C/c4ccc(N(c5ccccc5)c5ccccc5)cc4)cc3)cc2)cc1. The van der Waals surface area contributed by atoms with E-state index in [2.05, 4.69) is 241 Å². The molecule has 254 valence electrons. The molecule has 0 fully saturated rings. The molecule has 0 radical (unpaired) electrons. The maximum absolute atomic E-state index is 2.32. The number of hydrogen-bond acceptors (Lipinski definition) is 2. The van der Waals surface area contributed by atoms with E-state index in [9.17, 15) is 0 Å². The number of nitrogens with zero attached hydrogens (tertiary/aromatic N) is 2. The molecule has 0 bridgehead atoms. The molecule has 0 aliphatic heterocycles. The minimum Gasteiger partial charge on any atom is -0.311 e. The van der Waals surface area contributed by atoms with Crippen molar-refractivity contribution in [2.24, 2.45) is 0 Å². The molecule has 0 amide bonds. The van der Waals surface area contributed by atoms with Crippen LogP contribution in [0.15, 0.2) is 212 Å². The number of benzene rings is 8. The van der Waals surface area contributed by atoms with Crippen molar-refractivity contribution in [1.82, 2.24) is 0 Å². The second kappa shape index (κ2) is 15.6. The average Bonchev–Trinajstić information content (AvgIpc) is 3.23. The van der Waals surface area contributed by atoms with Crippen molar-refractivity contribution in [3.05, 3.63) is 229 Å². The zero-order valence-corrected chi connectivity index (χ0v) is 29.8. The minimum absolute atomic E-state index is 1.12. The Hall–Kier alpha value is -6.90. The third kappa shape index (κ3) is 7.73. The van der Waals surface area contributed by atoms with Crippen LogP contribution in [0.4, 0.5) is 34.1 Å². The van der Waals surface area contributed by atoms with E-state index in [-0.39, 0.29) is 0 Å². The summed E-state index contributed by atoms with van der Waals surface area (Å²) in [7, 11) is 0. The highest BCUT2D eigenvalue weighted by Crippen LogP contribution is 2.37. The lowest BCUT2D eigenvalue weighted by Gasteiger charge is -2.26. The molecule has 53 heavy (non-hydrogen) atoms. The van der Waals surface area contributed by atoms with Crippen LogP contribution in [0.5, 0.6) is 0 Å². The molecule has 0 atom stereocenters. The van der Waals surface area contributed by atoms with Gasteiger partial charge in [-0.1, -0.05) is 157 Å². The fourth-order valence-electron chi connectivity index (χ4n) is 6.69. The zero-order chi connectivity index (χ0) is 35.8. The first-order valence-electron chi connectivity index (χ1n) is 18.1. The summed E-state index contributed by atoms with van der Waals surface area (Å²) in [5.74, 6) is 0. The fourth-order valence-corrected chi connectivity index (χ4v) is 6.69. The van der Waals surface area contributed by atoms with E-state index in [1.165, 1.54) is 27.8 Å². The number of hydrogen-bond donors (Lipinski definition) is 0. The summed E-state index contributed by atoms with van der Waals surface area (Å²) in [6.45, 7) is 2.13. The number of aryl methyl sites for hydroxylation is 1. The van der Waals surface area contributed by atoms with Crippen molar-refractivity contribution in [2.45, 2.75) is 6.92 Å². The van der Waals surface area contributed by atoms with Crippen LogP contribution in [0.2, 0.25) is 0 Å². The summed E-state index contributed by atoms with van der Waals surface area (Å²) in [6, 6.07) is 75.5.